The molecule has 0 N–H and O–H groups in total. The molecule has 7 heteroatoms. The van der Waals surface area contributed by atoms with Crippen molar-refractivity contribution >= 4 is 28.6 Å². The first-order valence-corrected chi connectivity index (χ1v) is 10.7. The predicted octanol–water partition coefficient (Wildman–Crippen LogP) is 3.80. The Bertz CT molecular complexity index is 1190. The second-order valence-corrected chi connectivity index (χ2v) is 8.39. The molecule has 1 aromatic heterocycles. The number of carbonyl (C=O) groups is 1. The average Bonchev–Trinajstić information content (AvgIpc) is 2.77. The molecular formula is C23H24N4O2S. The monoisotopic (exact) mass is 420 g/mol. The van der Waals surface area contributed by atoms with Gasteiger partial charge in [-0.3, -0.25) is 14.2 Å². The van der Waals surface area contributed by atoms with E-state index >= 15 is 0 Å². The van der Waals surface area contributed by atoms with E-state index in [9.17, 15) is 14.9 Å². The van der Waals surface area contributed by atoms with Crippen LogP contribution in [0.25, 0.3) is 16.6 Å². The van der Waals surface area contributed by atoms with E-state index in [0.29, 0.717) is 16.1 Å². The quantitative estimate of drug-likeness (QED) is 0.448. The maximum Gasteiger partial charge on any atom is 0.266 e. The van der Waals surface area contributed by atoms with Gasteiger partial charge in [0.2, 0.25) is 5.91 Å². The highest BCUT2D eigenvalue weighted by Gasteiger charge is 2.27. The van der Waals surface area contributed by atoms with Crippen LogP contribution in [0.1, 0.15) is 26.3 Å². The van der Waals surface area contributed by atoms with Gasteiger partial charge in [-0.25, -0.2) is 4.98 Å². The maximum atomic E-state index is 13.4. The second kappa shape index (κ2) is 8.72. The van der Waals surface area contributed by atoms with E-state index in [1.165, 1.54) is 16.7 Å². The number of hydrogen-bond donors (Lipinski definition) is 0. The Morgan fingerprint density at radius 2 is 1.87 bits per heavy atom. The Morgan fingerprint density at radius 1 is 1.20 bits per heavy atom. The number of hydrogen-bond acceptors (Lipinski definition) is 5. The van der Waals surface area contributed by atoms with Crippen LogP contribution < -0.4 is 5.56 Å². The Kier molecular flexibility index (Phi) is 6.28. The summed E-state index contributed by atoms with van der Waals surface area (Å²) in [7, 11) is 1.61. The molecule has 0 unspecified atom stereocenters. The van der Waals surface area contributed by atoms with Gasteiger partial charge in [-0.1, -0.05) is 49.0 Å². The van der Waals surface area contributed by atoms with E-state index in [-0.39, 0.29) is 17.2 Å². The van der Waals surface area contributed by atoms with Gasteiger partial charge in [-0.15, -0.1) is 0 Å². The molecule has 0 spiro atoms. The van der Waals surface area contributed by atoms with Gasteiger partial charge in [0.25, 0.3) is 5.56 Å². The molecule has 6 nitrogen and oxygen atoms in total. The molecule has 0 aliphatic rings. The van der Waals surface area contributed by atoms with Crippen molar-refractivity contribution < 1.29 is 4.79 Å². The number of rotatable bonds is 6. The minimum atomic E-state index is -0.914. The summed E-state index contributed by atoms with van der Waals surface area (Å²) in [6.45, 7) is 5.42. The van der Waals surface area contributed by atoms with E-state index in [1.807, 2.05) is 43.3 Å². The van der Waals surface area contributed by atoms with Crippen LogP contribution in [0.4, 0.5) is 0 Å². The standard InChI is InChI=1S/C23H24N4O2S/c1-5-16-10-6-9-13-19(16)27-21(29)17-11-7-8-12-18(17)25-22(27)30-14-20(28)26(4)23(2,3)15-24/h6-13H,5,14H2,1-4H3. The SMILES string of the molecule is CCc1ccccc1-n1c(SCC(=O)N(C)C(C)(C)C#N)nc2ccccc2c1=O. The smallest absolute Gasteiger partial charge is 0.266 e. The van der Waals surface area contributed by atoms with Gasteiger partial charge >= 0.3 is 0 Å². The van der Waals surface area contributed by atoms with Crippen LogP contribution in [-0.4, -0.2) is 38.7 Å². The molecule has 0 atom stereocenters. The summed E-state index contributed by atoms with van der Waals surface area (Å²) in [5.74, 6) is -0.134. The van der Waals surface area contributed by atoms with Crippen LogP contribution in [-0.2, 0) is 11.2 Å². The number of thioether (sulfide) groups is 1. The van der Waals surface area contributed by atoms with Crippen molar-refractivity contribution in [2.24, 2.45) is 0 Å². The molecule has 0 saturated carbocycles. The van der Waals surface area contributed by atoms with E-state index < -0.39 is 5.54 Å². The van der Waals surface area contributed by atoms with Crippen LogP contribution in [0, 0.1) is 11.3 Å². The van der Waals surface area contributed by atoms with Gasteiger partial charge in [-0.05, 0) is 44.0 Å². The van der Waals surface area contributed by atoms with E-state index in [2.05, 4.69) is 6.07 Å². The number of fused-ring (bicyclic) bond motifs is 1. The van der Waals surface area contributed by atoms with Crippen LogP contribution in [0.15, 0.2) is 58.5 Å². The van der Waals surface area contributed by atoms with Crippen molar-refractivity contribution in [1.29, 1.82) is 5.26 Å². The lowest BCUT2D eigenvalue weighted by Gasteiger charge is -2.29. The van der Waals surface area contributed by atoms with Gasteiger partial charge in [0.1, 0.15) is 5.54 Å². The van der Waals surface area contributed by atoms with Crippen LogP contribution in [0.5, 0.6) is 0 Å². The fourth-order valence-electron chi connectivity index (χ4n) is 3.06. The molecule has 1 amide bonds. The number of benzene rings is 2. The minimum absolute atomic E-state index is 0.0701. The largest absolute Gasteiger partial charge is 0.327 e. The van der Waals surface area contributed by atoms with Crippen molar-refractivity contribution in [3.63, 3.8) is 0 Å². The zero-order valence-corrected chi connectivity index (χ0v) is 18.4. The molecule has 2 aromatic carbocycles. The third-order valence-corrected chi connectivity index (χ3v) is 6.09. The summed E-state index contributed by atoms with van der Waals surface area (Å²) in [6, 6.07) is 17.1. The zero-order chi connectivity index (χ0) is 21.9. The third kappa shape index (κ3) is 4.10. The Morgan fingerprint density at radius 3 is 2.57 bits per heavy atom. The maximum absolute atomic E-state index is 13.4. The lowest BCUT2D eigenvalue weighted by molar-refractivity contribution is -0.130. The third-order valence-electron chi connectivity index (χ3n) is 5.17. The Hall–Kier alpha value is -3.11. The summed E-state index contributed by atoms with van der Waals surface area (Å²) in [5.41, 5.74) is 1.30. The van der Waals surface area contributed by atoms with E-state index in [1.54, 1.807) is 37.6 Å². The molecule has 0 aliphatic carbocycles. The Labute approximate surface area is 180 Å². The van der Waals surface area contributed by atoms with Gasteiger partial charge in [0.05, 0.1) is 28.4 Å². The molecule has 0 aliphatic heterocycles. The van der Waals surface area contributed by atoms with Crippen LogP contribution >= 0.6 is 11.8 Å². The first-order valence-electron chi connectivity index (χ1n) is 9.71. The minimum Gasteiger partial charge on any atom is -0.327 e. The molecule has 30 heavy (non-hydrogen) atoms. The number of carbonyl (C=O) groups excluding carboxylic acids is 1. The summed E-state index contributed by atoms with van der Waals surface area (Å²) in [6.07, 6.45) is 0.761. The summed E-state index contributed by atoms with van der Waals surface area (Å²) in [4.78, 5) is 32.2. The topological polar surface area (TPSA) is 79.0 Å². The van der Waals surface area contributed by atoms with Gasteiger partial charge < -0.3 is 4.90 Å². The number of nitrogens with zero attached hydrogens (tertiary/aromatic N) is 4. The number of amides is 1. The molecule has 0 saturated heterocycles. The fourth-order valence-corrected chi connectivity index (χ4v) is 3.98. The van der Waals surface area contributed by atoms with Gasteiger partial charge in [-0.2, -0.15) is 5.26 Å². The number of para-hydroxylation sites is 2. The van der Waals surface area contributed by atoms with E-state index in [0.717, 1.165) is 17.7 Å². The zero-order valence-electron chi connectivity index (χ0n) is 17.5. The van der Waals surface area contributed by atoms with Gasteiger partial charge in [0, 0.05) is 7.05 Å². The van der Waals surface area contributed by atoms with Crippen molar-refractivity contribution in [3.05, 3.63) is 64.4 Å². The highest BCUT2D eigenvalue weighted by atomic mass is 32.2. The second-order valence-electron chi connectivity index (χ2n) is 7.45. The molecule has 1 heterocycles. The van der Waals surface area contributed by atoms with Crippen molar-refractivity contribution in [2.75, 3.05) is 12.8 Å². The first-order chi connectivity index (χ1) is 14.3. The predicted molar refractivity (Wildman–Crippen MR) is 120 cm³/mol. The average molecular weight is 421 g/mol. The van der Waals surface area contributed by atoms with Gasteiger partial charge in [0.15, 0.2) is 5.16 Å². The molecule has 0 radical (unpaired) electrons. The van der Waals surface area contributed by atoms with Crippen molar-refractivity contribution in [2.45, 2.75) is 37.9 Å². The number of aryl methyl sites for hydroxylation is 1. The summed E-state index contributed by atoms with van der Waals surface area (Å²) in [5, 5.41) is 10.3. The molecular weight excluding hydrogens is 396 g/mol. The number of nitriles is 1. The molecule has 3 aromatic rings. The highest BCUT2D eigenvalue weighted by Crippen LogP contribution is 2.24. The highest BCUT2D eigenvalue weighted by molar-refractivity contribution is 7.99. The first kappa shape index (κ1) is 21.6. The van der Waals surface area contributed by atoms with Crippen molar-refractivity contribution in [3.8, 4) is 11.8 Å². The number of aromatic nitrogens is 2. The summed E-state index contributed by atoms with van der Waals surface area (Å²) < 4.78 is 1.59. The summed E-state index contributed by atoms with van der Waals surface area (Å²) >= 11 is 1.20. The van der Waals surface area contributed by atoms with E-state index in [4.69, 9.17) is 4.98 Å². The normalized spacial score (nSPS) is 11.3. The molecule has 154 valence electrons. The molecule has 3 rings (SSSR count). The van der Waals surface area contributed by atoms with Crippen LogP contribution in [0.3, 0.4) is 0 Å². The van der Waals surface area contributed by atoms with Crippen LogP contribution in [0.2, 0.25) is 0 Å². The lowest BCUT2D eigenvalue weighted by atomic mass is 10.1. The molecule has 0 fully saturated rings. The Balaban J connectivity index is 2.09. The lowest BCUT2D eigenvalue weighted by Crippen LogP contribution is -2.44. The molecule has 0 bridgehead atoms. The fraction of sp³-hybridized carbons (Fsp3) is 0.304. The van der Waals surface area contributed by atoms with Crippen molar-refractivity contribution in [1.82, 2.24) is 14.5 Å².